The highest BCUT2D eigenvalue weighted by molar-refractivity contribution is 7.16. The van der Waals surface area contributed by atoms with Crippen molar-refractivity contribution in [3.05, 3.63) is 39.8 Å². The number of anilines is 1. The molecule has 0 saturated carbocycles. The maximum atomic E-state index is 12.3. The Morgan fingerprint density at radius 1 is 1.32 bits per heavy atom. The van der Waals surface area contributed by atoms with E-state index >= 15 is 0 Å². The molecule has 2 aromatic rings. The first kappa shape index (κ1) is 14.7. The van der Waals surface area contributed by atoms with Crippen LogP contribution in [0.4, 0.5) is 5.00 Å². The minimum atomic E-state index is -0.451. The zero-order valence-electron chi connectivity index (χ0n) is 12.7. The van der Waals surface area contributed by atoms with Crippen molar-refractivity contribution in [3.63, 3.8) is 0 Å². The number of rotatable bonds is 3. The molecule has 6 heteroatoms. The third-order valence-electron chi connectivity index (χ3n) is 3.79. The van der Waals surface area contributed by atoms with Crippen molar-refractivity contribution >= 4 is 22.2 Å². The van der Waals surface area contributed by atoms with E-state index < -0.39 is 6.17 Å². The van der Waals surface area contributed by atoms with Gasteiger partial charge in [0.2, 0.25) is 0 Å². The normalized spacial score (nSPS) is 16.7. The van der Waals surface area contributed by atoms with Crippen LogP contribution in [-0.4, -0.2) is 17.6 Å². The number of hydrogen-bond acceptors (Lipinski definition) is 5. The molecule has 0 aliphatic carbocycles. The lowest BCUT2D eigenvalue weighted by Crippen LogP contribution is -2.38. The third-order valence-corrected chi connectivity index (χ3v) is 4.93. The van der Waals surface area contributed by atoms with Gasteiger partial charge in [-0.2, -0.15) is 0 Å². The minimum Gasteiger partial charge on any atom is -0.507 e. The molecule has 1 unspecified atom stereocenters. The summed E-state index contributed by atoms with van der Waals surface area (Å²) in [7, 11) is 0. The van der Waals surface area contributed by atoms with Crippen LogP contribution in [0.5, 0.6) is 11.5 Å². The lowest BCUT2D eigenvalue weighted by atomic mass is 10.1. The first-order chi connectivity index (χ1) is 10.5. The topological polar surface area (TPSA) is 70.6 Å². The van der Waals surface area contributed by atoms with Crippen LogP contribution in [0.1, 0.15) is 39.5 Å². The fourth-order valence-electron chi connectivity index (χ4n) is 2.55. The Kier molecular flexibility index (Phi) is 3.70. The first-order valence-electron chi connectivity index (χ1n) is 7.14. The van der Waals surface area contributed by atoms with Crippen molar-refractivity contribution in [2.45, 2.75) is 26.9 Å². The van der Waals surface area contributed by atoms with Gasteiger partial charge in [-0.05, 0) is 38.5 Å². The number of nitrogens with one attached hydrogen (secondary N) is 2. The summed E-state index contributed by atoms with van der Waals surface area (Å²) in [5.41, 5.74) is 2.31. The summed E-state index contributed by atoms with van der Waals surface area (Å²) in [5, 5.41) is 17.2. The predicted octanol–water partition coefficient (Wildman–Crippen LogP) is 3.32. The fraction of sp³-hybridized carbons (Fsp3) is 0.312. The molecule has 3 N–H and O–H groups in total. The van der Waals surface area contributed by atoms with E-state index in [2.05, 4.69) is 10.6 Å². The lowest BCUT2D eigenvalue weighted by molar-refractivity contribution is 0.0935. The Hall–Kier alpha value is -2.21. The fourth-order valence-corrected chi connectivity index (χ4v) is 3.64. The molecule has 22 heavy (non-hydrogen) atoms. The Morgan fingerprint density at radius 3 is 2.77 bits per heavy atom. The molecule has 0 fully saturated rings. The zero-order chi connectivity index (χ0) is 15.9. The number of carbonyl (C=O) groups is 1. The van der Waals surface area contributed by atoms with Crippen molar-refractivity contribution in [1.29, 1.82) is 0 Å². The van der Waals surface area contributed by atoms with Gasteiger partial charge in [0.15, 0.2) is 0 Å². The monoisotopic (exact) mass is 318 g/mol. The number of benzene rings is 1. The van der Waals surface area contributed by atoms with Gasteiger partial charge in [-0.3, -0.25) is 4.79 Å². The molecule has 3 rings (SSSR count). The summed E-state index contributed by atoms with van der Waals surface area (Å²) < 4.78 is 5.36. The lowest BCUT2D eigenvalue weighted by Gasteiger charge is -2.27. The molecular weight excluding hydrogens is 300 g/mol. The number of phenols is 1. The van der Waals surface area contributed by atoms with Crippen molar-refractivity contribution in [2.24, 2.45) is 0 Å². The van der Waals surface area contributed by atoms with Crippen LogP contribution in [0, 0.1) is 13.8 Å². The minimum absolute atomic E-state index is 0.0946. The van der Waals surface area contributed by atoms with Gasteiger partial charge in [0.25, 0.3) is 5.91 Å². The van der Waals surface area contributed by atoms with E-state index in [1.54, 1.807) is 29.5 Å². The van der Waals surface area contributed by atoms with Gasteiger partial charge in [-0.15, -0.1) is 11.3 Å². The van der Waals surface area contributed by atoms with Crippen LogP contribution in [-0.2, 0) is 0 Å². The maximum Gasteiger partial charge on any atom is 0.256 e. The Bertz CT molecular complexity index is 739. The standard InChI is InChI=1S/C16H18N2O3S/c1-4-21-10-5-6-11(12(19)7-10)14-17-15(20)13-8(2)9(3)22-16(13)18-14/h5-7,14,18-19H,4H2,1-3H3,(H,17,20). The van der Waals surface area contributed by atoms with Crippen molar-refractivity contribution in [3.8, 4) is 11.5 Å². The summed E-state index contributed by atoms with van der Waals surface area (Å²) in [6, 6.07) is 5.11. The number of carbonyl (C=O) groups excluding carboxylic acids is 1. The van der Waals surface area contributed by atoms with E-state index in [0.717, 1.165) is 15.4 Å². The molecule has 1 atom stereocenters. The number of amides is 1. The molecule has 1 aromatic heterocycles. The Balaban J connectivity index is 1.93. The highest BCUT2D eigenvalue weighted by Crippen LogP contribution is 2.39. The smallest absolute Gasteiger partial charge is 0.256 e. The van der Waals surface area contributed by atoms with Crippen LogP contribution in [0.15, 0.2) is 18.2 Å². The molecule has 1 aliphatic rings. The summed E-state index contributed by atoms with van der Waals surface area (Å²) >= 11 is 1.56. The summed E-state index contributed by atoms with van der Waals surface area (Å²) in [6.45, 7) is 6.36. The average molecular weight is 318 g/mol. The molecule has 0 saturated heterocycles. The van der Waals surface area contributed by atoms with Crippen LogP contribution < -0.4 is 15.4 Å². The number of aromatic hydroxyl groups is 1. The van der Waals surface area contributed by atoms with Crippen LogP contribution in [0.25, 0.3) is 0 Å². The van der Waals surface area contributed by atoms with Crippen molar-refractivity contribution < 1.29 is 14.6 Å². The van der Waals surface area contributed by atoms with Crippen LogP contribution in [0.3, 0.4) is 0 Å². The SMILES string of the molecule is CCOc1ccc(C2NC(=O)c3c(sc(C)c3C)N2)c(O)c1. The predicted molar refractivity (Wildman–Crippen MR) is 86.9 cm³/mol. The van der Waals surface area contributed by atoms with E-state index in [1.807, 2.05) is 20.8 Å². The average Bonchev–Trinajstić information content (AvgIpc) is 2.74. The molecule has 0 bridgehead atoms. The highest BCUT2D eigenvalue weighted by Gasteiger charge is 2.30. The zero-order valence-corrected chi connectivity index (χ0v) is 13.5. The molecule has 116 valence electrons. The van der Waals surface area contributed by atoms with E-state index in [1.165, 1.54) is 0 Å². The molecule has 1 aromatic carbocycles. The van der Waals surface area contributed by atoms with Gasteiger partial charge in [0.05, 0.1) is 12.2 Å². The van der Waals surface area contributed by atoms with Gasteiger partial charge in [0, 0.05) is 16.5 Å². The second-order valence-corrected chi connectivity index (χ2v) is 6.42. The van der Waals surface area contributed by atoms with Crippen LogP contribution in [0.2, 0.25) is 0 Å². The molecular formula is C16H18N2O3S. The molecule has 2 heterocycles. The van der Waals surface area contributed by atoms with Gasteiger partial charge < -0.3 is 20.5 Å². The largest absolute Gasteiger partial charge is 0.507 e. The second-order valence-electron chi connectivity index (χ2n) is 5.19. The summed E-state index contributed by atoms with van der Waals surface area (Å²) in [4.78, 5) is 13.4. The molecule has 1 amide bonds. The van der Waals surface area contributed by atoms with E-state index in [0.29, 0.717) is 23.5 Å². The van der Waals surface area contributed by atoms with E-state index in [4.69, 9.17) is 4.74 Å². The van der Waals surface area contributed by atoms with Crippen molar-refractivity contribution in [2.75, 3.05) is 11.9 Å². The number of hydrogen-bond donors (Lipinski definition) is 3. The van der Waals surface area contributed by atoms with Gasteiger partial charge in [-0.1, -0.05) is 0 Å². The van der Waals surface area contributed by atoms with Crippen molar-refractivity contribution in [1.82, 2.24) is 5.32 Å². The summed E-state index contributed by atoms with van der Waals surface area (Å²) in [6.07, 6.45) is -0.451. The molecule has 5 nitrogen and oxygen atoms in total. The highest BCUT2D eigenvalue weighted by atomic mass is 32.1. The van der Waals surface area contributed by atoms with E-state index in [-0.39, 0.29) is 11.7 Å². The van der Waals surface area contributed by atoms with Crippen LogP contribution >= 0.6 is 11.3 Å². The number of ether oxygens (including phenoxy) is 1. The number of thiophene rings is 1. The number of aryl methyl sites for hydroxylation is 1. The summed E-state index contributed by atoms with van der Waals surface area (Å²) in [5.74, 6) is 0.584. The van der Waals surface area contributed by atoms with Gasteiger partial charge >= 0.3 is 0 Å². The third kappa shape index (κ3) is 2.39. The number of phenolic OH excluding ortho intramolecular Hbond substituents is 1. The Labute approximate surface area is 132 Å². The maximum absolute atomic E-state index is 12.3. The molecule has 1 aliphatic heterocycles. The Morgan fingerprint density at radius 2 is 2.09 bits per heavy atom. The molecule has 0 radical (unpaired) electrons. The first-order valence-corrected chi connectivity index (χ1v) is 7.96. The van der Waals surface area contributed by atoms with E-state index in [9.17, 15) is 9.90 Å². The molecule has 0 spiro atoms. The number of fused-ring (bicyclic) bond motifs is 1. The van der Waals surface area contributed by atoms with Gasteiger partial charge in [-0.25, -0.2) is 0 Å². The second kappa shape index (κ2) is 5.53. The quantitative estimate of drug-likeness (QED) is 0.812. The van der Waals surface area contributed by atoms with Gasteiger partial charge in [0.1, 0.15) is 22.7 Å².